The molecule has 0 radical (unpaired) electrons. The van der Waals surface area contributed by atoms with Gasteiger partial charge in [-0.1, -0.05) is 0 Å². The van der Waals surface area contributed by atoms with Crippen molar-refractivity contribution in [3.8, 4) is 0 Å². The van der Waals surface area contributed by atoms with E-state index in [9.17, 15) is 27.6 Å². The Morgan fingerprint density at radius 1 is 1.40 bits per heavy atom. The Balaban J connectivity index is 3.53. The maximum Gasteiger partial charge on any atom is 0.423 e. The monoisotopic (exact) mass is 292 g/mol. The summed E-state index contributed by atoms with van der Waals surface area (Å²) < 4.78 is 43.8. The fourth-order valence-corrected chi connectivity index (χ4v) is 1.58. The summed E-state index contributed by atoms with van der Waals surface area (Å²) in [5.74, 6) is -1.77. The number of halogens is 3. The van der Waals surface area contributed by atoms with Gasteiger partial charge in [0.1, 0.15) is 0 Å². The van der Waals surface area contributed by atoms with Crippen LogP contribution in [0.4, 0.5) is 13.2 Å². The van der Waals surface area contributed by atoms with Crippen molar-refractivity contribution in [2.24, 2.45) is 5.73 Å². The number of carbonyl (C=O) groups excluding carboxylic acids is 3. The highest BCUT2D eigenvalue weighted by Crippen LogP contribution is 2.38. The Morgan fingerprint density at radius 2 is 2.00 bits per heavy atom. The third-order valence-corrected chi connectivity index (χ3v) is 2.56. The summed E-state index contributed by atoms with van der Waals surface area (Å²) in [6.45, 7) is 0.979. The molecule has 1 rings (SSSR count). The van der Waals surface area contributed by atoms with Crippen molar-refractivity contribution in [3.63, 3.8) is 0 Å². The van der Waals surface area contributed by atoms with Crippen LogP contribution in [0.2, 0.25) is 0 Å². The van der Waals surface area contributed by atoms with Gasteiger partial charge in [0.25, 0.3) is 5.54 Å². The minimum atomic E-state index is -5.22. The highest BCUT2D eigenvalue weighted by Gasteiger charge is 2.62. The van der Waals surface area contributed by atoms with Crippen LogP contribution < -0.4 is 5.73 Å². The van der Waals surface area contributed by atoms with Crippen molar-refractivity contribution in [2.45, 2.75) is 18.6 Å². The van der Waals surface area contributed by atoms with E-state index in [-0.39, 0.29) is 24.9 Å². The number of rotatable bonds is 5. The largest absolute Gasteiger partial charge is 0.464 e. The van der Waals surface area contributed by atoms with E-state index in [4.69, 9.17) is 5.73 Å². The summed E-state index contributed by atoms with van der Waals surface area (Å²) in [7, 11) is 0. The van der Waals surface area contributed by atoms with Crippen molar-refractivity contribution in [2.75, 3.05) is 6.61 Å². The topological polar surface area (TPSA) is 102 Å². The number of ether oxygens (including phenoxy) is 1. The van der Waals surface area contributed by atoms with Gasteiger partial charge < -0.3 is 15.5 Å². The highest BCUT2D eigenvalue weighted by molar-refractivity contribution is 5.90. The van der Waals surface area contributed by atoms with E-state index in [0.29, 0.717) is 0 Å². The molecular weight excluding hydrogens is 281 g/mol. The van der Waals surface area contributed by atoms with Crippen LogP contribution >= 0.6 is 0 Å². The molecule has 0 aliphatic heterocycles. The van der Waals surface area contributed by atoms with Crippen LogP contribution in [0.1, 0.15) is 33.5 Å². The maximum atomic E-state index is 13.1. The van der Waals surface area contributed by atoms with Gasteiger partial charge in [-0.15, -0.1) is 0 Å². The molecule has 0 unspecified atom stereocenters. The lowest BCUT2D eigenvalue weighted by molar-refractivity contribution is -0.209. The van der Waals surface area contributed by atoms with Gasteiger partial charge in [0.15, 0.2) is 12.6 Å². The van der Waals surface area contributed by atoms with E-state index in [1.165, 1.54) is 6.92 Å². The first kappa shape index (κ1) is 15.9. The molecule has 0 aliphatic rings. The molecule has 9 heteroatoms. The first-order chi connectivity index (χ1) is 9.22. The highest BCUT2D eigenvalue weighted by atomic mass is 19.4. The van der Waals surface area contributed by atoms with E-state index in [1.54, 1.807) is 0 Å². The van der Waals surface area contributed by atoms with E-state index < -0.39 is 28.9 Å². The number of nitrogens with one attached hydrogen (secondary N) is 1. The van der Waals surface area contributed by atoms with Gasteiger partial charge in [-0.3, -0.25) is 9.59 Å². The standard InChI is InChI=1S/C11H11F3N2O4/c1-2-20-9(19)10(15,11(12,13)14)8-6(4-17)3-7(5-18)16-8/h3-5,16H,2,15H2,1H3/t10-/m1/s1. The molecule has 20 heavy (non-hydrogen) atoms. The van der Waals surface area contributed by atoms with Crippen LogP contribution in [0, 0.1) is 0 Å². The van der Waals surface area contributed by atoms with Crippen LogP contribution in [0.5, 0.6) is 0 Å². The smallest absolute Gasteiger partial charge is 0.423 e. The molecule has 0 amide bonds. The van der Waals surface area contributed by atoms with Gasteiger partial charge in [0, 0.05) is 5.56 Å². The molecule has 1 atom stereocenters. The van der Waals surface area contributed by atoms with Gasteiger partial charge in [0.05, 0.1) is 18.0 Å². The van der Waals surface area contributed by atoms with Gasteiger partial charge in [-0.2, -0.15) is 13.2 Å². The third-order valence-electron chi connectivity index (χ3n) is 2.56. The van der Waals surface area contributed by atoms with Crippen molar-refractivity contribution >= 4 is 18.5 Å². The van der Waals surface area contributed by atoms with Crippen molar-refractivity contribution in [1.29, 1.82) is 0 Å². The Bertz CT molecular complexity index is 538. The molecule has 1 aromatic heterocycles. The van der Waals surface area contributed by atoms with Crippen molar-refractivity contribution in [3.05, 3.63) is 23.0 Å². The Morgan fingerprint density at radius 3 is 2.40 bits per heavy atom. The SMILES string of the molecule is CCOC(=O)[C@](N)(c1[nH]c(C=O)cc1C=O)C(F)(F)F. The zero-order chi connectivity index (χ0) is 15.6. The molecule has 0 saturated carbocycles. The lowest BCUT2D eigenvalue weighted by Crippen LogP contribution is -2.58. The molecule has 0 fully saturated rings. The van der Waals surface area contributed by atoms with E-state index in [0.717, 1.165) is 6.07 Å². The minimum absolute atomic E-state index is 0.0609. The Labute approximate surface area is 111 Å². The molecule has 110 valence electrons. The summed E-state index contributed by atoms with van der Waals surface area (Å²) in [5.41, 5.74) is -0.176. The molecule has 0 aliphatic carbocycles. The maximum absolute atomic E-state index is 13.1. The first-order valence-electron chi connectivity index (χ1n) is 5.39. The number of aromatic amines is 1. The predicted molar refractivity (Wildman–Crippen MR) is 60.1 cm³/mol. The van der Waals surface area contributed by atoms with Gasteiger partial charge >= 0.3 is 12.1 Å². The number of aldehydes is 2. The number of H-pyrrole nitrogens is 1. The number of hydrogen-bond donors (Lipinski definition) is 2. The number of alkyl halides is 3. The van der Waals surface area contributed by atoms with Crippen LogP contribution in [0.15, 0.2) is 6.07 Å². The van der Waals surface area contributed by atoms with Crippen LogP contribution in [0.25, 0.3) is 0 Å². The van der Waals surface area contributed by atoms with Gasteiger partial charge in [-0.05, 0) is 13.0 Å². The Kier molecular flexibility index (Phi) is 4.33. The lowest BCUT2D eigenvalue weighted by Gasteiger charge is -2.29. The normalized spacial score (nSPS) is 14.4. The average Bonchev–Trinajstić information content (AvgIpc) is 2.80. The lowest BCUT2D eigenvalue weighted by atomic mass is 9.93. The second-order valence-electron chi connectivity index (χ2n) is 3.82. The summed E-state index contributed by atoms with van der Waals surface area (Å²) in [4.78, 5) is 35.0. The van der Waals surface area contributed by atoms with Gasteiger partial charge in [-0.25, -0.2) is 4.79 Å². The van der Waals surface area contributed by atoms with E-state index in [2.05, 4.69) is 4.74 Å². The summed E-state index contributed by atoms with van der Waals surface area (Å²) in [6.07, 6.45) is -4.97. The molecule has 1 heterocycles. The van der Waals surface area contributed by atoms with Crippen molar-refractivity contribution < 1.29 is 32.3 Å². The number of nitrogens with two attached hydrogens (primary N) is 1. The molecule has 1 aromatic rings. The van der Waals surface area contributed by atoms with Crippen LogP contribution in [0.3, 0.4) is 0 Å². The quantitative estimate of drug-likeness (QED) is 0.620. The van der Waals surface area contributed by atoms with Crippen LogP contribution in [-0.2, 0) is 15.1 Å². The number of aromatic nitrogens is 1. The van der Waals surface area contributed by atoms with Gasteiger partial charge in [0.2, 0.25) is 0 Å². The molecule has 0 aromatic carbocycles. The molecule has 0 saturated heterocycles. The third kappa shape index (κ3) is 2.44. The predicted octanol–water partition coefficient (Wildman–Crippen LogP) is 0.919. The number of esters is 1. The molecule has 0 spiro atoms. The number of carbonyl (C=O) groups is 3. The van der Waals surface area contributed by atoms with Crippen LogP contribution in [-0.4, -0.2) is 36.3 Å². The zero-order valence-corrected chi connectivity index (χ0v) is 10.3. The Hall–Kier alpha value is -2.16. The van der Waals surface area contributed by atoms with Crippen molar-refractivity contribution in [1.82, 2.24) is 4.98 Å². The average molecular weight is 292 g/mol. The summed E-state index contributed by atoms with van der Waals surface area (Å²) >= 11 is 0. The first-order valence-corrected chi connectivity index (χ1v) is 5.39. The summed E-state index contributed by atoms with van der Waals surface area (Å²) in [5, 5.41) is 0. The molecular formula is C11H11F3N2O4. The second-order valence-corrected chi connectivity index (χ2v) is 3.82. The fraction of sp³-hybridized carbons (Fsp3) is 0.364. The number of hydrogen-bond acceptors (Lipinski definition) is 5. The minimum Gasteiger partial charge on any atom is -0.464 e. The zero-order valence-electron chi connectivity index (χ0n) is 10.3. The van der Waals surface area contributed by atoms with E-state index in [1.807, 2.05) is 4.98 Å². The molecule has 0 bridgehead atoms. The molecule has 3 N–H and O–H groups in total. The summed E-state index contributed by atoms with van der Waals surface area (Å²) in [6, 6.07) is 0.863. The second kappa shape index (κ2) is 5.45. The van der Waals surface area contributed by atoms with E-state index >= 15 is 0 Å². The fourth-order valence-electron chi connectivity index (χ4n) is 1.58. The molecule has 6 nitrogen and oxygen atoms in total.